The van der Waals surface area contributed by atoms with E-state index in [1.165, 1.54) is 0 Å². The number of para-hydroxylation sites is 1. The van der Waals surface area contributed by atoms with Crippen molar-refractivity contribution in [2.45, 2.75) is 0 Å². The van der Waals surface area contributed by atoms with Gasteiger partial charge in [-0.1, -0.05) is 12.1 Å². The van der Waals surface area contributed by atoms with E-state index in [1.807, 2.05) is 18.2 Å². The molecule has 0 saturated carbocycles. The van der Waals surface area contributed by atoms with Gasteiger partial charge in [-0.2, -0.15) is 0 Å². The van der Waals surface area contributed by atoms with Gasteiger partial charge >= 0.3 is 0 Å². The van der Waals surface area contributed by atoms with Gasteiger partial charge in [-0.3, -0.25) is 0 Å². The van der Waals surface area contributed by atoms with Crippen molar-refractivity contribution in [3.8, 4) is 0 Å². The van der Waals surface area contributed by atoms with Gasteiger partial charge in [0.2, 0.25) is 0 Å². The maximum atomic E-state index is 5.47. The second-order valence-electron chi connectivity index (χ2n) is 2.31. The first-order chi connectivity index (χ1) is 5.27. The Bertz CT molecular complexity index is 394. The highest BCUT2D eigenvalue weighted by atomic mass is 79.9. The molecule has 0 radical (unpaired) electrons. The second-order valence-corrected chi connectivity index (χ2v) is 3.16. The van der Waals surface area contributed by atoms with E-state index in [0.717, 1.165) is 15.4 Å². The normalized spacial score (nSPS) is 10.6. The molecule has 2 N–H and O–H groups in total. The van der Waals surface area contributed by atoms with Gasteiger partial charge in [-0.15, -0.1) is 0 Å². The SMILES string of the molecule is Nc1cc2cccc(Br)c2o1. The lowest BCUT2D eigenvalue weighted by Crippen LogP contribution is -1.75. The maximum Gasteiger partial charge on any atom is 0.191 e. The summed E-state index contributed by atoms with van der Waals surface area (Å²) in [5, 5.41) is 1.02. The number of halogens is 1. The summed E-state index contributed by atoms with van der Waals surface area (Å²) in [4.78, 5) is 0. The van der Waals surface area contributed by atoms with Crippen LogP contribution in [0.4, 0.5) is 5.88 Å². The van der Waals surface area contributed by atoms with Crippen LogP contribution < -0.4 is 5.73 Å². The summed E-state index contributed by atoms with van der Waals surface area (Å²) in [5.74, 6) is 0.451. The Morgan fingerprint density at radius 1 is 1.36 bits per heavy atom. The molecule has 0 unspecified atom stereocenters. The number of anilines is 1. The minimum Gasteiger partial charge on any atom is -0.440 e. The molecule has 0 saturated heterocycles. The third-order valence-electron chi connectivity index (χ3n) is 1.52. The van der Waals surface area contributed by atoms with Crippen molar-refractivity contribution < 1.29 is 4.42 Å². The number of nitrogen functional groups attached to an aromatic ring is 1. The Morgan fingerprint density at radius 3 is 2.91 bits per heavy atom. The van der Waals surface area contributed by atoms with Gasteiger partial charge in [0.15, 0.2) is 11.5 Å². The maximum absolute atomic E-state index is 5.47. The van der Waals surface area contributed by atoms with Gasteiger partial charge < -0.3 is 10.2 Å². The van der Waals surface area contributed by atoms with E-state index in [-0.39, 0.29) is 0 Å². The fraction of sp³-hybridized carbons (Fsp3) is 0. The molecule has 1 aromatic carbocycles. The first-order valence-corrected chi connectivity index (χ1v) is 4.00. The minimum absolute atomic E-state index is 0.451. The van der Waals surface area contributed by atoms with Crippen molar-refractivity contribution in [1.29, 1.82) is 0 Å². The molecule has 1 heterocycles. The van der Waals surface area contributed by atoms with Crippen LogP contribution in [0, 0.1) is 0 Å². The average molecular weight is 212 g/mol. The highest BCUT2D eigenvalue weighted by Crippen LogP contribution is 2.27. The van der Waals surface area contributed by atoms with Gasteiger partial charge in [0.25, 0.3) is 0 Å². The van der Waals surface area contributed by atoms with Crippen molar-refractivity contribution in [2.75, 3.05) is 5.73 Å². The number of hydrogen-bond acceptors (Lipinski definition) is 2. The Kier molecular flexibility index (Phi) is 1.39. The predicted octanol–water partition coefficient (Wildman–Crippen LogP) is 2.78. The van der Waals surface area contributed by atoms with Crippen LogP contribution in [0.25, 0.3) is 11.0 Å². The molecule has 0 atom stereocenters. The van der Waals surface area contributed by atoms with Gasteiger partial charge in [0.05, 0.1) is 4.47 Å². The molecule has 1 aromatic heterocycles. The smallest absolute Gasteiger partial charge is 0.191 e. The number of hydrogen-bond donors (Lipinski definition) is 1. The summed E-state index contributed by atoms with van der Waals surface area (Å²) >= 11 is 3.36. The Labute approximate surface area is 72.1 Å². The number of nitrogens with two attached hydrogens (primary N) is 1. The zero-order valence-electron chi connectivity index (χ0n) is 5.67. The molecular weight excluding hydrogens is 206 g/mol. The van der Waals surface area contributed by atoms with Gasteiger partial charge in [0, 0.05) is 11.5 Å². The zero-order valence-corrected chi connectivity index (χ0v) is 7.26. The van der Waals surface area contributed by atoms with Crippen molar-refractivity contribution in [2.24, 2.45) is 0 Å². The fourth-order valence-electron chi connectivity index (χ4n) is 1.05. The van der Waals surface area contributed by atoms with Crippen molar-refractivity contribution in [1.82, 2.24) is 0 Å². The number of fused-ring (bicyclic) bond motifs is 1. The van der Waals surface area contributed by atoms with Crippen LogP contribution >= 0.6 is 15.9 Å². The van der Waals surface area contributed by atoms with Gasteiger partial charge in [-0.25, -0.2) is 0 Å². The van der Waals surface area contributed by atoms with Crippen LogP contribution in [-0.4, -0.2) is 0 Å². The number of furan rings is 1. The zero-order chi connectivity index (χ0) is 7.84. The molecule has 0 aliphatic heterocycles. The monoisotopic (exact) mass is 211 g/mol. The minimum atomic E-state index is 0.451. The molecule has 0 fully saturated rings. The van der Waals surface area contributed by atoms with E-state index >= 15 is 0 Å². The van der Waals surface area contributed by atoms with E-state index in [1.54, 1.807) is 6.07 Å². The third-order valence-corrected chi connectivity index (χ3v) is 2.14. The fourth-order valence-corrected chi connectivity index (χ4v) is 1.51. The summed E-state index contributed by atoms with van der Waals surface area (Å²) in [6, 6.07) is 7.63. The van der Waals surface area contributed by atoms with E-state index in [2.05, 4.69) is 15.9 Å². The first-order valence-electron chi connectivity index (χ1n) is 3.21. The van der Waals surface area contributed by atoms with E-state index < -0.39 is 0 Å². The quantitative estimate of drug-likeness (QED) is 0.729. The Hall–Kier alpha value is -0.960. The highest BCUT2D eigenvalue weighted by Gasteiger charge is 2.02. The largest absolute Gasteiger partial charge is 0.440 e. The molecule has 0 spiro atoms. The molecule has 0 aliphatic carbocycles. The highest BCUT2D eigenvalue weighted by molar-refractivity contribution is 9.10. The molecular formula is C8H6BrNO. The van der Waals surface area contributed by atoms with Crippen LogP contribution in [0.15, 0.2) is 33.2 Å². The summed E-state index contributed by atoms with van der Waals surface area (Å²) in [6.45, 7) is 0. The van der Waals surface area contributed by atoms with Crippen LogP contribution in [0.5, 0.6) is 0 Å². The lowest BCUT2D eigenvalue weighted by molar-refractivity contribution is 0.635. The molecule has 2 aromatic rings. The Morgan fingerprint density at radius 2 is 2.18 bits per heavy atom. The summed E-state index contributed by atoms with van der Waals surface area (Å²) in [5.41, 5.74) is 6.28. The van der Waals surface area contributed by atoms with Crippen LogP contribution in [0.2, 0.25) is 0 Å². The molecule has 2 rings (SSSR count). The topological polar surface area (TPSA) is 39.2 Å². The van der Waals surface area contributed by atoms with Crippen molar-refractivity contribution in [3.05, 3.63) is 28.7 Å². The van der Waals surface area contributed by atoms with Gasteiger partial charge in [0.1, 0.15) is 0 Å². The van der Waals surface area contributed by atoms with Crippen molar-refractivity contribution in [3.63, 3.8) is 0 Å². The number of rotatable bonds is 0. The van der Waals surface area contributed by atoms with E-state index in [9.17, 15) is 0 Å². The average Bonchev–Trinajstić information content (AvgIpc) is 2.31. The van der Waals surface area contributed by atoms with Crippen molar-refractivity contribution >= 4 is 32.8 Å². The first kappa shape index (κ1) is 6.73. The van der Waals surface area contributed by atoms with Crippen LogP contribution in [0.1, 0.15) is 0 Å². The van der Waals surface area contributed by atoms with Gasteiger partial charge in [-0.05, 0) is 22.0 Å². The molecule has 56 valence electrons. The molecule has 0 aliphatic rings. The summed E-state index contributed by atoms with van der Waals surface area (Å²) in [7, 11) is 0. The molecule has 0 amide bonds. The lowest BCUT2D eigenvalue weighted by Gasteiger charge is -1.88. The summed E-state index contributed by atoms with van der Waals surface area (Å²) < 4.78 is 6.17. The second kappa shape index (κ2) is 2.27. The predicted molar refractivity (Wildman–Crippen MR) is 48.3 cm³/mol. The molecule has 3 heteroatoms. The molecule has 11 heavy (non-hydrogen) atoms. The lowest BCUT2D eigenvalue weighted by atomic mass is 10.3. The summed E-state index contributed by atoms with van der Waals surface area (Å²) in [6.07, 6.45) is 0. The molecule has 0 bridgehead atoms. The Balaban J connectivity index is 2.90. The van der Waals surface area contributed by atoms with E-state index in [0.29, 0.717) is 5.88 Å². The van der Waals surface area contributed by atoms with E-state index in [4.69, 9.17) is 10.2 Å². The molecule has 2 nitrogen and oxygen atoms in total. The van der Waals surface area contributed by atoms with Crippen LogP contribution in [0.3, 0.4) is 0 Å². The standard InChI is InChI=1S/C8H6BrNO/c9-6-3-1-2-5-4-7(10)11-8(5)6/h1-4H,10H2. The number of benzene rings is 1. The van der Waals surface area contributed by atoms with Crippen LogP contribution in [-0.2, 0) is 0 Å². The third kappa shape index (κ3) is 1.01.